The summed E-state index contributed by atoms with van der Waals surface area (Å²) in [5, 5.41) is 0. The highest BCUT2D eigenvalue weighted by molar-refractivity contribution is 6.00. The van der Waals surface area contributed by atoms with Crippen molar-refractivity contribution in [2.24, 2.45) is 4.99 Å². The third-order valence-corrected chi connectivity index (χ3v) is 2.43. The highest BCUT2D eigenvalue weighted by atomic mass is 14.7. The molecule has 0 radical (unpaired) electrons. The molecule has 0 N–H and O–H groups in total. The zero-order chi connectivity index (χ0) is 11.4. The zero-order valence-corrected chi connectivity index (χ0v) is 9.51. The van der Waals surface area contributed by atoms with E-state index >= 15 is 0 Å². The topological polar surface area (TPSA) is 25.2 Å². The molecule has 0 saturated heterocycles. The van der Waals surface area contributed by atoms with Crippen LogP contribution in [-0.2, 0) is 0 Å². The van der Waals surface area contributed by atoms with Gasteiger partial charge >= 0.3 is 0 Å². The lowest BCUT2D eigenvalue weighted by Gasteiger charge is -2.00. The van der Waals surface area contributed by atoms with Gasteiger partial charge in [0.1, 0.15) is 0 Å². The number of hydrogen-bond donors (Lipinski definition) is 0. The van der Waals surface area contributed by atoms with Crippen LogP contribution < -0.4 is 0 Å². The second-order valence-corrected chi connectivity index (χ2v) is 3.77. The van der Waals surface area contributed by atoms with E-state index in [0.717, 1.165) is 17.0 Å². The fourth-order valence-electron chi connectivity index (χ4n) is 1.47. The van der Waals surface area contributed by atoms with Crippen molar-refractivity contribution in [2.45, 2.75) is 13.8 Å². The lowest BCUT2D eigenvalue weighted by molar-refractivity contribution is 1.31. The number of aliphatic imine (C=N–C) groups is 1. The number of aromatic nitrogens is 1. The van der Waals surface area contributed by atoms with Gasteiger partial charge in [-0.2, -0.15) is 0 Å². The molecule has 0 bridgehead atoms. The normalized spacial score (nSPS) is 11.5. The van der Waals surface area contributed by atoms with Crippen LogP contribution in [0.3, 0.4) is 0 Å². The van der Waals surface area contributed by atoms with Gasteiger partial charge < -0.3 is 0 Å². The van der Waals surface area contributed by atoms with Crippen molar-refractivity contribution in [3.8, 4) is 0 Å². The Bertz CT molecular complexity index is 484. The van der Waals surface area contributed by atoms with E-state index in [-0.39, 0.29) is 0 Å². The molecule has 0 aliphatic heterocycles. The van der Waals surface area contributed by atoms with Crippen LogP contribution in [0.5, 0.6) is 0 Å². The van der Waals surface area contributed by atoms with Crippen molar-refractivity contribution < 1.29 is 0 Å². The largest absolute Gasteiger partial charge is 0.265 e. The van der Waals surface area contributed by atoms with E-state index < -0.39 is 0 Å². The molecule has 1 aromatic heterocycles. The van der Waals surface area contributed by atoms with Gasteiger partial charge in [0.2, 0.25) is 0 Å². The van der Waals surface area contributed by atoms with Gasteiger partial charge in [-0.1, -0.05) is 17.7 Å². The van der Waals surface area contributed by atoms with E-state index in [1.54, 1.807) is 12.4 Å². The standard InChI is InChI=1S/C14H14N2/c1-11-3-5-14(6-4-11)16-12(2)13-7-9-15-10-8-13/h3-10H,1-2H3. The summed E-state index contributed by atoms with van der Waals surface area (Å²) in [6.07, 6.45) is 3.56. The van der Waals surface area contributed by atoms with Crippen LogP contribution in [0.2, 0.25) is 0 Å². The molecule has 0 amide bonds. The Morgan fingerprint density at radius 3 is 2.25 bits per heavy atom. The summed E-state index contributed by atoms with van der Waals surface area (Å²) in [7, 11) is 0. The fourth-order valence-corrected chi connectivity index (χ4v) is 1.47. The first-order valence-corrected chi connectivity index (χ1v) is 5.28. The average Bonchev–Trinajstić information content (AvgIpc) is 2.33. The summed E-state index contributed by atoms with van der Waals surface area (Å²) in [4.78, 5) is 8.55. The monoisotopic (exact) mass is 210 g/mol. The summed E-state index contributed by atoms with van der Waals surface area (Å²) >= 11 is 0. The van der Waals surface area contributed by atoms with Gasteiger partial charge in [0.15, 0.2) is 0 Å². The first-order valence-electron chi connectivity index (χ1n) is 5.28. The second kappa shape index (κ2) is 4.71. The Morgan fingerprint density at radius 1 is 1.00 bits per heavy atom. The summed E-state index contributed by atoms with van der Waals surface area (Å²) in [5.74, 6) is 0. The van der Waals surface area contributed by atoms with Crippen molar-refractivity contribution in [1.82, 2.24) is 4.98 Å². The SMILES string of the molecule is CC(=Nc1ccc(C)cc1)c1ccncc1. The van der Waals surface area contributed by atoms with Gasteiger partial charge in [-0.05, 0) is 43.7 Å². The van der Waals surface area contributed by atoms with Gasteiger partial charge in [0.25, 0.3) is 0 Å². The molecule has 0 spiro atoms. The smallest absolute Gasteiger partial charge is 0.0633 e. The minimum atomic E-state index is 0.986. The van der Waals surface area contributed by atoms with Crippen LogP contribution in [0.1, 0.15) is 18.1 Å². The van der Waals surface area contributed by atoms with E-state index in [1.165, 1.54) is 5.56 Å². The molecule has 0 aliphatic rings. The highest BCUT2D eigenvalue weighted by Crippen LogP contribution is 2.14. The van der Waals surface area contributed by atoms with Crippen molar-refractivity contribution in [1.29, 1.82) is 0 Å². The van der Waals surface area contributed by atoms with Gasteiger partial charge in [0, 0.05) is 18.1 Å². The lowest BCUT2D eigenvalue weighted by Crippen LogP contribution is -1.93. The number of nitrogens with zero attached hydrogens (tertiary/aromatic N) is 2. The van der Waals surface area contributed by atoms with Crippen LogP contribution in [-0.4, -0.2) is 10.7 Å². The Kier molecular flexibility index (Phi) is 3.10. The van der Waals surface area contributed by atoms with E-state index in [1.807, 2.05) is 31.2 Å². The molecular weight excluding hydrogens is 196 g/mol. The number of benzene rings is 1. The van der Waals surface area contributed by atoms with Gasteiger partial charge in [-0.25, -0.2) is 0 Å². The van der Waals surface area contributed by atoms with Crippen molar-refractivity contribution >= 4 is 11.4 Å². The summed E-state index contributed by atoms with van der Waals surface area (Å²) in [5.41, 5.74) is 4.35. The molecule has 0 fully saturated rings. The zero-order valence-electron chi connectivity index (χ0n) is 9.51. The maximum absolute atomic E-state index is 4.56. The molecular formula is C14H14N2. The maximum atomic E-state index is 4.56. The van der Waals surface area contributed by atoms with Crippen LogP contribution in [0.4, 0.5) is 5.69 Å². The number of rotatable bonds is 2. The Morgan fingerprint density at radius 2 is 1.62 bits per heavy atom. The number of hydrogen-bond acceptors (Lipinski definition) is 2. The number of aryl methyl sites for hydroxylation is 1. The fraction of sp³-hybridized carbons (Fsp3) is 0.143. The molecule has 80 valence electrons. The highest BCUT2D eigenvalue weighted by Gasteiger charge is 1.96. The third-order valence-electron chi connectivity index (χ3n) is 2.43. The molecule has 2 heteroatoms. The second-order valence-electron chi connectivity index (χ2n) is 3.77. The van der Waals surface area contributed by atoms with Gasteiger partial charge in [-0.15, -0.1) is 0 Å². The van der Waals surface area contributed by atoms with E-state index in [2.05, 4.69) is 29.0 Å². The molecule has 0 saturated carbocycles. The van der Waals surface area contributed by atoms with Crippen molar-refractivity contribution in [2.75, 3.05) is 0 Å². The molecule has 1 heterocycles. The third kappa shape index (κ3) is 2.54. The molecule has 0 unspecified atom stereocenters. The predicted molar refractivity (Wildman–Crippen MR) is 67.3 cm³/mol. The van der Waals surface area contributed by atoms with Crippen LogP contribution in [0, 0.1) is 6.92 Å². The van der Waals surface area contributed by atoms with Crippen LogP contribution in [0.25, 0.3) is 0 Å². The maximum Gasteiger partial charge on any atom is 0.0633 e. The molecule has 0 aliphatic carbocycles. The minimum absolute atomic E-state index is 0.986. The number of pyridine rings is 1. The predicted octanol–water partition coefficient (Wildman–Crippen LogP) is 3.53. The van der Waals surface area contributed by atoms with Crippen molar-refractivity contribution in [3.63, 3.8) is 0 Å². The molecule has 1 aromatic carbocycles. The van der Waals surface area contributed by atoms with Gasteiger partial charge in [0.05, 0.1) is 5.69 Å². The van der Waals surface area contributed by atoms with Gasteiger partial charge in [-0.3, -0.25) is 9.98 Å². The Labute approximate surface area is 95.7 Å². The first kappa shape index (κ1) is 10.6. The summed E-state index contributed by atoms with van der Waals surface area (Å²) in [6.45, 7) is 4.08. The quantitative estimate of drug-likeness (QED) is 0.696. The average molecular weight is 210 g/mol. The van der Waals surface area contributed by atoms with Crippen LogP contribution >= 0.6 is 0 Å². The Balaban J connectivity index is 2.28. The Hall–Kier alpha value is -1.96. The van der Waals surface area contributed by atoms with E-state index in [9.17, 15) is 0 Å². The van der Waals surface area contributed by atoms with Crippen molar-refractivity contribution in [3.05, 3.63) is 59.9 Å². The van der Waals surface area contributed by atoms with Crippen LogP contribution in [0.15, 0.2) is 53.8 Å². The minimum Gasteiger partial charge on any atom is -0.265 e. The molecule has 2 aromatic rings. The molecule has 0 atom stereocenters. The van der Waals surface area contributed by atoms with E-state index in [4.69, 9.17) is 0 Å². The first-order chi connectivity index (χ1) is 7.75. The molecule has 16 heavy (non-hydrogen) atoms. The molecule has 2 rings (SSSR count). The molecule has 2 nitrogen and oxygen atoms in total. The summed E-state index contributed by atoms with van der Waals surface area (Å²) < 4.78 is 0. The summed E-state index contributed by atoms with van der Waals surface area (Å²) in [6, 6.07) is 12.1. The van der Waals surface area contributed by atoms with E-state index in [0.29, 0.717) is 0 Å². The lowest BCUT2D eigenvalue weighted by atomic mass is 10.2.